The monoisotopic (exact) mass is 463 g/mol. The van der Waals surface area contributed by atoms with Crippen molar-refractivity contribution >= 4 is 33.8 Å². The number of benzene rings is 1. The molecular weight excluding hydrogens is 442 g/mol. The topological polar surface area (TPSA) is 103 Å². The van der Waals surface area contributed by atoms with Crippen LogP contribution in [0, 0.1) is 6.92 Å². The SMILES string of the molecule is COc1ccc(NC(=O)c2sc(NC(=O)c3ccco3)cc2C)cc1OCc1ccncc1. The van der Waals surface area contributed by atoms with E-state index in [4.69, 9.17) is 13.9 Å². The number of aryl methyl sites for hydroxylation is 1. The molecule has 0 saturated carbocycles. The molecule has 33 heavy (non-hydrogen) atoms. The molecule has 0 atom stereocenters. The molecule has 3 aromatic heterocycles. The Balaban J connectivity index is 1.45. The highest BCUT2D eigenvalue weighted by Crippen LogP contribution is 2.32. The molecule has 0 radical (unpaired) electrons. The molecule has 1 aromatic carbocycles. The molecular formula is C24H21N3O5S. The molecule has 0 spiro atoms. The first-order valence-electron chi connectivity index (χ1n) is 10.00. The number of hydrogen-bond acceptors (Lipinski definition) is 7. The lowest BCUT2D eigenvalue weighted by atomic mass is 10.2. The minimum absolute atomic E-state index is 0.199. The molecule has 3 heterocycles. The highest BCUT2D eigenvalue weighted by molar-refractivity contribution is 7.18. The van der Waals surface area contributed by atoms with Gasteiger partial charge in [-0.3, -0.25) is 14.6 Å². The lowest BCUT2D eigenvalue weighted by Gasteiger charge is -2.13. The van der Waals surface area contributed by atoms with Crippen molar-refractivity contribution in [3.05, 3.63) is 89.0 Å². The fourth-order valence-corrected chi connectivity index (χ4v) is 4.01. The van der Waals surface area contributed by atoms with Crippen molar-refractivity contribution in [1.82, 2.24) is 4.98 Å². The van der Waals surface area contributed by atoms with Gasteiger partial charge in [-0.15, -0.1) is 11.3 Å². The second-order valence-corrected chi connectivity index (χ2v) is 8.07. The van der Waals surface area contributed by atoms with Crippen LogP contribution in [0.25, 0.3) is 0 Å². The van der Waals surface area contributed by atoms with Crippen molar-refractivity contribution in [2.75, 3.05) is 17.7 Å². The normalized spacial score (nSPS) is 10.5. The van der Waals surface area contributed by atoms with Crippen molar-refractivity contribution in [1.29, 1.82) is 0 Å². The van der Waals surface area contributed by atoms with Gasteiger partial charge in [-0.2, -0.15) is 0 Å². The zero-order valence-electron chi connectivity index (χ0n) is 18.0. The molecule has 0 bridgehead atoms. The van der Waals surface area contributed by atoms with Gasteiger partial charge in [0.05, 0.1) is 23.3 Å². The van der Waals surface area contributed by atoms with Crippen molar-refractivity contribution in [3.63, 3.8) is 0 Å². The van der Waals surface area contributed by atoms with E-state index in [1.54, 1.807) is 55.9 Å². The molecule has 4 rings (SSSR count). The van der Waals surface area contributed by atoms with Gasteiger partial charge in [-0.1, -0.05) is 0 Å². The maximum absolute atomic E-state index is 12.9. The number of rotatable bonds is 8. The molecule has 8 nitrogen and oxygen atoms in total. The summed E-state index contributed by atoms with van der Waals surface area (Å²) in [5.41, 5.74) is 2.26. The van der Waals surface area contributed by atoms with Crippen LogP contribution in [-0.2, 0) is 6.61 Å². The van der Waals surface area contributed by atoms with E-state index in [9.17, 15) is 9.59 Å². The number of amides is 2. The molecule has 0 aliphatic carbocycles. The maximum atomic E-state index is 12.9. The predicted molar refractivity (Wildman–Crippen MR) is 125 cm³/mol. The second-order valence-electron chi connectivity index (χ2n) is 7.02. The molecule has 0 unspecified atom stereocenters. The van der Waals surface area contributed by atoms with E-state index >= 15 is 0 Å². The average Bonchev–Trinajstić information content (AvgIpc) is 3.48. The largest absolute Gasteiger partial charge is 0.493 e. The summed E-state index contributed by atoms with van der Waals surface area (Å²) in [6.07, 6.45) is 4.82. The minimum Gasteiger partial charge on any atom is -0.493 e. The average molecular weight is 464 g/mol. The number of furan rings is 1. The Bertz CT molecular complexity index is 1250. The van der Waals surface area contributed by atoms with E-state index in [0.29, 0.717) is 33.7 Å². The third-order valence-electron chi connectivity index (χ3n) is 4.67. The van der Waals surface area contributed by atoms with Gasteiger partial charge < -0.3 is 24.5 Å². The van der Waals surface area contributed by atoms with E-state index in [1.807, 2.05) is 19.1 Å². The fraction of sp³-hybridized carbons (Fsp3) is 0.125. The number of anilines is 2. The number of carbonyl (C=O) groups is 2. The Kier molecular flexibility index (Phi) is 6.70. The van der Waals surface area contributed by atoms with Crippen LogP contribution in [0.4, 0.5) is 10.7 Å². The lowest BCUT2D eigenvalue weighted by molar-refractivity contribution is 0.0995. The summed E-state index contributed by atoms with van der Waals surface area (Å²) in [7, 11) is 1.56. The Labute approximate surface area is 194 Å². The van der Waals surface area contributed by atoms with Crippen LogP contribution in [-0.4, -0.2) is 23.9 Å². The zero-order chi connectivity index (χ0) is 23.2. The van der Waals surface area contributed by atoms with Crippen molar-refractivity contribution in [2.45, 2.75) is 13.5 Å². The first kappa shape index (κ1) is 22.1. The van der Waals surface area contributed by atoms with E-state index in [0.717, 1.165) is 11.1 Å². The van der Waals surface area contributed by atoms with Crippen LogP contribution in [0.2, 0.25) is 0 Å². The van der Waals surface area contributed by atoms with Crippen LogP contribution in [0.3, 0.4) is 0 Å². The van der Waals surface area contributed by atoms with Gasteiger partial charge in [0.25, 0.3) is 11.8 Å². The van der Waals surface area contributed by atoms with Crippen LogP contribution < -0.4 is 20.1 Å². The predicted octanol–water partition coefficient (Wildman–Crippen LogP) is 5.14. The minimum atomic E-state index is -0.376. The third kappa shape index (κ3) is 5.39. The van der Waals surface area contributed by atoms with E-state index in [-0.39, 0.29) is 17.6 Å². The summed E-state index contributed by atoms with van der Waals surface area (Å²) in [6, 6.07) is 13.9. The lowest BCUT2D eigenvalue weighted by Crippen LogP contribution is -2.11. The first-order valence-corrected chi connectivity index (χ1v) is 10.8. The van der Waals surface area contributed by atoms with Crippen molar-refractivity contribution < 1.29 is 23.5 Å². The maximum Gasteiger partial charge on any atom is 0.291 e. The number of thiophene rings is 1. The molecule has 168 valence electrons. The smallest absolute Gasteiger partial charge is 0.291 e. The summed E-state index contributed by atoms with van der Waals surface area (Å²) < 4.78 is 16.4. The second kappa shape index (κ2) is 10.0. The zero-order valence-corrected chi connectivity index (χ0v) is 18.8. The Morgan fingerprint density at radius 2 is 1.85 bits per heavy atom. The summed E-state index contributed by atoms with van der Waals surface area (Å²) in [5.74, 6) is 0.587. The fourth-order valence-electron chi connectivity index (χ4n) is 3.05. The molecule has 4 aromatic rings. The number of methoxy groups -OCH3 is 1. The summed E-state index contributed by atoms with van der Waals surface area (Å²) in [6.45, 7) is 2.14. The highest BCUT2D eigenvalue weighted by Gasteiger charge is 2.17. The Morgan fingerprint density at radius 1 is 1.03 bits per heavy atom. The summed E-state index contributed by atoms with van der Waals surface area (Å²) >= 11 is 1.18. The molecule has 0 aliphatic heterocycles. The Hall–Kier alpha value is -4.11. The van der Waals surface area contributed by atoms with Crippen LogP contribution in [0.15, 0.2) is 71.6 Å². The first-order chi connectivity index (χ1) is 16.0. The van der Waals surface area contributed by atoms with E-state index in [2.05, 4.69) is 15.6 Å². The number of aromatic nitrogens is 1. The van der Waals surface area contributed by atoms with Gasteiger partial charge in [0.2, 0.25) is 0 Å². The number of carbonyl (C=O) groups excluding carboxylic acids is 2. The summed E-state index contributed by atoms with van der Waals surface area (Å²) in [5, 5.41) is 6.17. The molecule has 2 amide bonds. The number of pyridine rings is 1. The number of hydrogen-bond donors (Lipinski definition) is 2. The van der Waals surface area contributed by atoms with E-state index in [1.165, 1.54) is 17.6 Å². The number of nitrogens with one attached hydrogen (secondary N) is 2. The van der Waals surface area contributed by atoms with Gasteiger partial charge in [-0.05, 0) is 60.5 Å². The van der Waals surface area contributed by atoms with Gasteiger partial charge in [0.1, 0.15) is 6.61 Å². The van der Waals surface area contributed by atoms with Crippen molar-refractivity contribution in [3.8, 4) is 11.5 Å². The van der Waals surface area contributed by atoms with Crippen LogP contribution in [0.1, 0.15) is 31.4 Å². The van der Waals surface area contributed by atoms with Crippen LogP contribution >= 0.6 is 11.3 Å². The third-order valence-corrected chi connectivity index (χ3v) is 5.82. The number of ether oxygens (including phenoxy) is 2. The van der Waals surface area contributed by atoms with Crippen LogP contribution in [0.5, 0.6) is 11.5 Å². The Morgan fingerprint density at radius 3 is 2.58 bits per heavy atom. The molecule has 2 N–H and O–H groups in total. The van der Waals surface area contributed by atoms with Gasteiger partial charge in [0.15, 0.2) is 17.3 Å². The van der Waals surface area contributed by atoms with Gasteiger partial charge >= 0.3 is 0 Å². The van der Waals surface area contributed by atoms with Gasteiger partial charge in [0, 0.05) is 24.1 Å². The quantitative estimate of drug-likeness (QED) is 0.375. The van der Waals surface area contributed by atoms with Gasteiger partial charge in [-0.25, -0.2) is 0 Å². The highest BCUT2D eigenvalue weighted by atomic mass is 32.1. The van der Waals surface area contributed by atoms with Crippen molar-refractivity contribution in [2.24, 2.45) is 0 Å². The molecule has 0 aliphatic rings. The number of nitrogens with zero attached hydrogens (tertiary/aromatic N) is 1. The molecule has 9 heteroatoms. The standard InChI is InChI=1S/C24H21N3O5S/c1-15-12-21(27-23(28)19-4-3-11-31-19)33-22(15)24(29)26-17-5-6-18(30-2)20(13-17)32-14-16-7-9-25-10-8-16/h3-13H,14H2,1-2H3,(H,26,29)(H,27,28). The summed E-state index contributed by atoms with van der Waals surface area (Å²) in [4.78, 5) is 29.6. The molecule has 0 fully saturated rings. The molecule has 0 saturated heterocycles. The van der Waals surface area contributed by atoms with E-state index < -0.39 is 0 Å².